The lowest BCUT2D eigenvalue weighted by Crippen LogP contribution is -2.57. The van der Waals surface area contributed by atoms with Crippen LogP contribution in [0.3, 0.4) is 0 Å². The van der Waals surface area contributed by atoms with Crippen molar-refractivity contribution in [2.75, 3.05) is 33.2 Å². The van der Waals surface area contributed by atoms with Gasteiger partial charge in [0.2, 0.25) is 0 Å². The van der Waals surface area contributed by atoms with Crippen molar-refractivity contribution in [2.45, 2.75) is 51.7 Å². The standard InChI is InChI=1S/C15H27N3O3/c1-15(2,3)21-14(20)17-9-5-7-12(11-17)18-10-6-8-16(4)13(18)19/h12H,5-11H2,1-4H3/t12-/m1/s1. The maximum Gasteiger partial charge on any atom is 0.410 e. The van der Waals surface area contributed by atoms with Gasteiger partial charge in [-0.1, -0.05) is 0 Å². The van der Waals surface area contributed by atoms with Crippen molar-refractivity contribution in [1.29, 1.82) is 0 Å². The third kappa shape index (κ3) is 4.02. The lowest BCUT2D eigenvalue weighted by atomic mass is 10.0. The van der Waals surface area contributed by atoms with E-state index in [0.717, 1.165) is 32.4 Å². The number of nitrogens with zero attached hydrogens (tertiary/aromatic N) is 3. The first-order chi connectivity index (χ1) is 9.78. The molecule has 2 saturated heterocycles. The molecule has 6 nitrogen and oxygen atoms in total. The summed E-state index contributed by atoms with van der Waals surface area (Å²) in [6, 6.07) is 0.193. The SMILES string of the molecule is CN1CCCN([C@@H]2CCCN(C(=O)OC(C)(C)C)C2)C1=O. The molecule has 2 heterocycles. The molecule has 0 N–H and O–H groups in total. The molecule has 0 aromatic heterocycles. The van der Waals surface area contributed by atoms with Crippen LogP contribution in [0.5, 0.6) is 0 Å². The van der Waals surface area contributed by atoms with Gasteiger partial charge in [0.15, 0.2) is 0 Å². The van der Waals surface area contributed by atoms with Crippen LogP contribution in [0, 0.1) is 0 Å². The molecule has 2 aliphatic heterocycles. The summed E-state index contributed by atoms with van der Waals surface area (Å²) in [5.41, 5.74) is -0.481. The van der Waals surface area contributed by atoms with Crippen molar-refractivity contribution in [1.82, 2.24) is 14.7 Å². The van der Waals surface area contributed by atoms with E-state index in [1.54, 1.807) is 9.80 Å². The third-order valence-electron chi connectivity index (χ3n) is 3.95. The van der Waals surface area contributed by atoms with Gasteiger partial charge >= 0.3 is 12.1 Å². The highest BCUT2D eigenvalue weighted by molar-refractivity contribution is 5.75. The molecule has 0 saturated carbocycles. The summed E-state index contributed by atoms with van der Waals surface area (Å²) in [6.07, 6.45) is 2.59. The van der Waals surface area contributed by atoms with Crippen molar-refractivity contribution in [2.24, 2.45) is 0 Å². The van der Waals surface area contributed by atoms with Crippen LogP contribution in [0.2, 0.25) is 0 Å². The molecule has 2 rings (SSSR count). The van der Waals surface area contributed by atoms with Crippen LogP contribution in [0.1, 0.15) is 40.0 Å². The van der Waals surface area contributed by atoms with E-state index in [1.165, 1.54) is 0 Å². The second-order valence-corrected chi connectivity index (χ2v) is 6.97. The molecule has 0 aromatic rings. The maximum atomic E-state index is 12.2. The van der Waals surface area contributed by atoms with Gasteiger partial charge in [0.25, 0.3) is 0 Å². The first kappa shape index (κ1) is 15.9. The predicted octanol–water partition coefficient (Wildman–Crippen LogP) is 2.14. The van der Waals surface area contributed by atoms with Crippen LogP contribution < -0.4 is 0 Å². The van der Waals surface area contributed by atoms with E-state index >= 15 is 0 Å². The van der Waals surface area contributed by atoms with Crippen molar-refractivity contribution >= 4 is 12.1 Å². The number of hydrogen-bond acceptors (Lipinski definition) is 3. The zero-order valence-corrected chi connectivity index (χ0v) is 13.6. The van der Waals surface area contributed by atoms with E-state index in [-0.39, 0.29) is 18.2 Å². The molecule has 0 radical (unpaired) electrons. The molecule has 0 spiro atoms. The molecule has 120 valence electrons. The van der Waals surface area contributed by atoms with Crippen molar-refractivity contribution in [3.8, 4) is 0 Å². The highest BCUT2D eigenvalue weighted by Gasteiger charge is 2.34. The topological polar surface area (TPSA) is 53.1 Å². The van der Waals surface area contributed by atoms with Crippen molar-refractivity contribution in [3.63, 3.8) is 0 Å². The zero-order valence-electron chi connectivity index (χ0n) is 13.6. The van der Waals surface area contributed by atoms with Gasteiger partial charge in [-0.05, 0) is 40.0 Å². The fourth-order valence-electron chi connectivity index (χ4n) is 2.93. The number of likely N-dealkylation sites (tertiary alicyclic amines) is 1. The zero-order chi connectivity index (χ0) is 15.6. The van der Waals surface area contributed by atoms with Crippen LogP contribution in [-0.4, -0.2) is 71.7 Å². The van der Waals surface area contributed by atoms with Gasteiger partial charge in [-0.25, -0.2) is 9.59 Å². The largest absolute Gasteiger partial charge is 0.444 e. The average molecular weight is 297 g/mol. The summed E-state index contributed by atoms with van der Waals surface area (Å²) >= 11 is 0. The Kier molecular flexibility index (Phi) is 4.64. The lowest BCUT2D eigenvalue weighted by molar-refractivity contribution is 0.0106. The summed E-state index contributed by atoms with van der Waals surface area (Å²) < 4.78 is 5.43. The second-order valence-electron chi connectivity index (χ2n) is 6.97. The number of ether oxygens (including phenoxy) is 1. The molecule has 1 atom stereocenters. The summed E-state index contributed by atoms with van der Waals surface area (Å²) in [5, 5.41) is 0. The maximum absolute atomic E-state index is 12.2. The highest BCUT2D eigenvalue weighted by atomic mass is 16.6. The van der Waals surface area contributed by atoms with E-state index in [4.69, 9.17) is 4.74 Å². The Morgan fingerprint density at radius 2 is 1.90 bits per heavy atom. The van der Waals surface area contributed by atoms with Gasteiger partial charge in [0.1, 0.15) is 5.60 Å². The minimum atomic E-state index is -0.481. The van der Waals surface area contributed by atoms with Crippen LogP contribution in [0.25, 0.3) is 0 Å². The number of rotatable bonds is 1. The van der Waals surface area contributed by atoms with Gasteiger partial charge in [0.05, 0.1) is 6.04 Å². The van der Waals surface area contributed by atoms with Crippen LogP contribution in [0.4, 0.5) is 9.59 Å². The highest BCUT2D eigenvalue weighted by Crippen LogP contribution is 2.21. The third-order valence-corrected chi connectivity index (χ3v) is 3.95. The number of urea groups is 1. The van der Waals surface area contributed by atoms with Crippen molar-refractivity contribution < 1.29 is 14.3 Å². The molecule has 0 unspecified atom stereocenters. The van der Waals surface area contributed by atoms with Crippen LogP contribution in [0.15, 0.2) is 0 Å². The van der Waals surface area contributed by atoms with E-state index in [2.05, 4.69) is 0 Å². The Hall–Kier alpha value is -1.46. The van der Waals surface area contributed by atoms with Gasteiger partial charge < -0.3 is 19.4 Å². The Morgan fingerprint density at radius 1 is 1.19 bits per heavy atom. The predicted molar refractivity (Wildman–Crippen MR) is 80.2 cm³/mol. The molecule has 2 aliphatic rings. The Labute approximate surface area is 127 Å². The monoisotopic (exact) mass is 297 g/mol. The summed E-state index contributed by atoms with van der Waals surface area (Å²) in [5.74, 6) is 0. The Bertz CT molecular complexity index is 405. The minimum Gasteiger partial charge on any atom is -0.444 e. The number of carbonyl (C=O) groups excluding carboxylic acids is 2. The summed E-state index contributed by atoms with van der Waals surface area (Å²) in [7, 11) is 1.84. The quantitative estimate of drug-likeness (QED) is 0.745. The van der Waals surface area contributed by atoms with Gasteiger partial charge in [-0.3, -0.25) is 0 Å². The van der Waals surface area contributed by atoms with E-state index in [1.807, 2.05) is 32.7 Å². The van der Waals surface area contributed by atoms with Crippen LogP contribution in [-0.2, 0) is 4.74 Å². The Balaban J connectivity index is 1.97. The number of carbonyl (C=O) groups is 2. The molecule has 0 bridgehead atoms. The van der Waals surface area contributed by atoms with Gasteiger partial charge in [-0.15, -0.1) is 0 Å². The minimum absolute atomic E-state index is 0.0808. The van der Waals surface area contributed by atoms with Crippen LogP contribution >= 0.6 is 0 Å². The normalized spacial score (nSPS) is 24.3. The van der Waals surface area contributed by atoms with Crippen molar-refractivity contribution in [3.05, 3.63) is 0 Å². The Morgan fingerprint density at radius 3 is 2.57 bits per heavy atom. The molecular formula is C15H27N3O3. The van der Waals surface area contributed by atoms with E-state index in [9.17, 15) is 9.59 Å². The van der Waals surface area contributed by atoms with Gasteiger partial charge in [0, 0.05) is 33.2 Å². The number of hydrogen-bond donors (Lipinski definition) is 0. The molecule has 0 aliphatic carbocycles. The lowest BCUT2D eigenvalue weighted by Gasteiger charge is -2.43. The fourth-order valence-corrected chi connectivity index (χ4v) is 2.93. The average Bonchev–Trinajstić information content (AvgIpc) is 2.40. The smallest absolute Gasteiger partial charge is 0.410 e. The molecule has 0 aromatic carbocycles. The fraction of sp³-hybridized carbons (Fsp3) is 0.867. The molecular weight excluding hydrogens is 270 g/mol. The molecule has 2 fully saturated rings. The number of amides is 3. The molecule has 3 amide bonds. The van der Waals surface area contributed by atoms with Gasteiger partial charge in [-0.2, -0.15) is 0 Å². The molecule has 6 heteroatoms. The molecule has 21 heavy (non-hydrogen) atoms. The van der Waals surface area contributed by atoms with E-state index < -0.39 is 5.60 Å². The summed E-state index contributed by atoms with van der Waals surface area (Å²) in [4.78, 5) is 29.8. The first-order valence-corrected chi connectivity index (χ1v) is 7.77. The number of piperidine rings is 1. The first-order valence-electron chi connectivity index (χ1n) is 7.77. The van der Waals surface area contributed by atoms with E-state index in [0.29, 0.717) is 13.1 Å². The summed E-state index contributed by atoms with van der Waals surface area (Å²) in [6.45, 7) is 8.51. The second kappa shape index (κ2) is 6.12.